The Morgan fingerprint density at radius 1 is 1.39 bits per heavy atom. The fourth-order valence-electron chi connectivity index (χ4n) is 1.79. The van der Waals surface area contributed by atoms with E-state index in [4.69, 9.17) is 4.74 Å². The van der Waals surface area contributed by atoms with Crippen molar-refractivity contribution in [2.75, 3.05) is 7.11 Å². The number of benzene rings is 1. The van der Waals surface area contributed by atoms with Crippen molar-refractivity contribution in [1.82, 2.24) is 9.78 Å². The molecule has 4 nitrogen and oxygen atoms in total. The number of ether oxygens (including phenoxy) is 1. The number of aromatic hydroxyl groups is 1. The molecule has 0 fully saturated rings. The standard InChI is InChI=1S/C14H16N2O2/c1-3-4-13-14(17)9-15-16(13)10-11-5-7-12(18-2)8-6-11/h3,5-9,17H,1,4,10H2,2H3. The van der Waals surface area contributed by atoms with E-state index in [2.05, 4.69) is 11.7 Å². The van der Waals surface area contributed by atoms with Gasteiger partial charge in [0.05, 0.1) is 25.5 Å². The van der Waals surface area contributed by atoms with Gasteiger partial charge in [0.25, 0.3) is 0 Å². The van der Waals surface area contributed by atoms with Gasteiger partial charge in [-0.3, -0.25) is 4.68 Å². The number of allylic oxidation sites excluding steroid dienone is 1. The second-order valence-corrected chi connectivity index (χ2v) is 3.98. The van der Waals surface area contributed by atoms with Crippen LogP contribution in [0.5, 0.6) is 11.5 Å². The van der Waals surface area contributed by atoms with Crippen LogP contribution < -0.4 is 4.74 Å². The van der Waals surface area contributed by atoms with Crippen LogP contribution in [0.1, 0.15) is 11.3 Å². The van der Waals surface area contributed by atoms with Gasteiger partial charge in [-0.2, -0.15) is 5.10 Å². The Kier molecular flexibility index (Phi) is 3.67. The predicted octanol–water partition coefficient (Wildman–Crippen LogP) is 2.37. The van der Waals surface area contributed by atoms with Crippen LogP contribution in [-0.4, -0.2) is 22.0 Å². The first-order valence-electron chi connectivity index (χ1n) is 5.72. The van der Waals surface area contributed by atoms with E-state index in [1.807, 2.05) is 24.3 Å². The molecule has 1 aromatic heterocycles. The molecule has 0 saturated heterocycles. The maximum absolute atomic E-state index is 9.67. The number of hydrogen-bond acceptors (Lipinski definition) is 3. The van der Waals surface area contributed by atoms with Gasteiger partial charge in [0, 0.05) is 6.42 Å². The maximum atomic E-state index is 9.67. The van der Waals surface area contributed by atoms with Crippen LogP contribution in [0.25, 0.3) is 0 Å². The zero-order chi connectivity index (χ0) is 13.0. The van der Waals surface area contributed by atoms with Crippen molar-refractivity contribution in [2.24, 2.45) is 0 Å². The summed E-state index contributed by atoms with van der Waals surface area (Å²) >= 11 is 0. The summed E-state index contributed by atoms with van der Waals surface area (Å²) in [6, 6.07) is 7.78. The molecule has 0 amide bonds. The van der Waals surface area contributed by atoms with Gasteiger partial charge in [0.2, 0.25) is 0 Å². The zero-order valence-corrected chi connectivity index (χ0v) is 10.3. The number of rotatable bonds is 5. The molecule has 1 aromatic carbocycles. The third kappa shape index (κ3) is 2.53. The molecule has 0 unspecified atom stereocenters. The molecular weight excluding hydrogens is 228 g/mol. The Balaban J connectivity index is 2.19. The van der Waals surface area contributed by atoms with E-state index in [1.165, 1.54) is 6.20 Å². The Morgan fingerprint density at radius 2 is 2.11 bits per heavy atom. The minimum Gasteiger partial charge on any atom is -0.504 e. The van der Waals surface area contributed by atoms with Crippen LogP contribution in [0, 0.1) is 0 Å². The zero-order valence-electron chi connectivity index (χ0n) is 10.3. The van der Waals surface area contributed by atoms with E-state index in [-0.39, 0.29) is 5.75 Å². The van der Waals surface area contributed by atoms with Gasteiger partial charge < -0.3 is 9.84 Å². The molecule has 0 aliphatic carbocycles. The van der Waals surface area contributed by atoms with Crippen LogP contribution in [0.15, 0.2) is 43.1 Å². The molecule has 0 spiro atoms. The van der Waals surface area contributed by atoms with Crippen LogP contribution in [-0.2, 0) is 13.0 Å². The van der Waals surface area contributed by atoms with E-state index < -0.39 is 0 Å². The van der Waals surface area contributed by atoms with Crippen LogP contribution in [0.4, 0.5) is 0 Å². The van der Waals surface area contributed by atoms with E-state index in [0.717, 1.165) is 17.0 Å². The molecule has 0 aliphatic heterocycles. The van der Waals surface area contributed by atoms with Crippen molar-refractivity contribution in [1.29, 1.82) is 0 Å². The van der Waals surface area contributed by atoms with Crippen molar-refractivity contribution in [3.8, 4) is 11.5 Å². The molecule has 2 rings (SSSR count). The SMILES string of the molecule is C=CCc1c(O)cnn1Cc1ccc(OC)cc1. The van der Waals surface area contributed by atoms with Gasteiger partial charge >= 0.3 is 0 Å². The highest BCUT2D eigenvalue weighted by molar-refractivity contribution is 5.29. The highest BCUT2D eigenvalue weighted by atomic mass is 16.5. The minimum absolute atomic E-state index is 0.211. The second-order valence-electron chi connectivity index (χ2n) is 3.98. The average molecular weight is 244 g/mol. The fraction of sp³-hybridized carbons (Fsp3) is 0.214. The van der Waals surface area contributed by atoms with Gasteiger partial charge in [-0.1, -0.05) is 18.2 Å². The first-order chi connectivity index (χ1) is 8.74. The Hall–Kier alpha value is -2.23. The van der Waals surface area contributed by atoms with Gasteiger partial charge in [-0.25, -0.2) is 0 Å². The first-order valence-corrected chi connectivity index (χ1v) is 5.72. The Bertz CT molecular complexity index is 529. The molecule has 0 atom stereocenters. The number of aromatic nitrogens is 2. The highest BCUT2D eigenvalue weighted by Crippen LogP contribution is 2.19. The molecule has 1 N–H and O–H groups in total. The monoisotopic (exact) mass is 244 g/mol. The summed E-state index contributed by atoms with van der Waals surface area (Å²) in [5.41, 5.74) is 1.88. The third-order valence-electron chi connectivity index (χ3n) is 2.76. The number of nitrogens with zero attached hydrogens (tertiary/aromatic N) is 2. The van der Waals surface area contributed by atoms with Crippen molar-refractivity contribution in [2.45, 2.75) is 13.0 Å². The van der Waals surface area contributed by atoms with Gasteiger partial charge in [-0.05, 0) is 17.7 Å². The smallest absolute Gasteiger partial charge is 0.157 e. The molecule has 0 aliphatic rings. The lowest BCUT2D eigenvalue weighted by Gasteiger charge is -2.07. The predicted molar refractivity (Wildman–Crippen MR) is 69.9 cm³/mol. The molecular formula is C14H16N2O2. The van der Waals surface area contributed by atoms with Crippen molar-refractivity contribution in [3.63, 3.8) is 0 Å². The highest BCUT2D eigenvalue weighted by Gasteiger charge is 2.08. The van der Waals surface area contributed by atoms with Crippen molar-refractivity contribution >= 4 is 0 Å². The molecule has 0 saturated carbocycles. The Morgan fingerprint density at radius 3 is 2.72 bits per heavy atom. The number of methoxy groups -OCH3 is 1. The van der Waals surface area contributed by atoms with Gasteiger partial charge in [-0.15, -0.1) is 6.58 Å². The normalized spacial score (nSPS) is 10.3. The molecule has 94 valence electrons. The lowest BCUT2D eigenvalue weighted by Crippen LogP contribution is -2.05. The molecule has 0 bridgehead atoms. The molecule has 4 heteroatoms. The summed E-state index contributed by atoms with van der Waals surface area (Å²) in [6.45, 7) is 4.30. The topological polar surface area (TPSA) is 47.3 Å². The van der Waals surface area contributed by atoms with Crippen molar-refractivity contribution < 1.29 is 9.84 Å². The van der Waals surface area contributed by atoms with Gasteiger partial charge in [0.1, 0.15) is 5.75 Å². The second kappa shape index (κ2) is 5.40. The van der Waals surface area contributed by atoms with Crippen molar-refractivity contribution in [3.05, 3.63) is 54.4 Å². The molecule has 0 radical (unpaired) electrons. The lowest BCUT2D eigenvalue weighted by atomic mass is 10.2. The maximum Gasteiger partial charge on any atom is 0.157 e. The molecule has 1 heterocycles. The van der Waals surface area contributed by atoms with E-state index in [1.54, 1.807) is 17.9 Å². The van der Waals surface area contributed by atoms with Crippen LogP contribution in [0.3, 0.4) is 0 Å². The summed E-state index contributed by atoms with van der Waals surface area (Å²) in [7, 11) is 1.64. The minimum atomic E-state index is 0.211. The fourth-order valence-corrected chi connectivity index (χ4v) is 1.79. The number of hydrogen-bond donors (Lipinski definition) is 1. The Labute approximate surface area is 106 Å². The largest absolute Gasteiger partial charge is 0.504 e. The summed E-state index contributed by atoms with van der Waals surface area (Å²) < 4.78 is 6.89. The summed E-state index contributed by atoms with van der Waals surface area (Å²) in [6.07, 6.45) is 3.81. The first kappa shape index (κ1) is 12.2. The summed E-state index contributed by atoms with van der Waals surface area (Å²) in [5.74, 6) is 1.04. The third-order valence-corrected chi connectivity index (χ3v) is 2.76. The van der Waals surface area contributed by atoms with E-state index in [0.29, 0.717) is 13.0 Å². The molecule has 18 heavy (non-hydrogen) atoms. The lowest BCUT2D eigenvalue weighted by molar-refractivity contribution is 0.414. The van der Waals surface area contributed by atoms with Crippen LogP contribution in [0.2, 0.25) is 0 Å². The van der Waals surface area contributed by atoms with Gasteiger partial charge in [0.15, 0.2) is 5.75 Å². The van der Waals surface area contributed by atoms with E-state index >= 15 is 0 Å². The summed E-state index contributed by atoms with van der Waals surface area (Å²) in [5, 5.41) is 13.8. The molecule has 2 aromatic rings. The van der Waals surface area contributed by atoms with Crippen LogP contribution >= 0.6 is 0 Å². The average Bonchev–Trinajstić information content (AvgIpc) is 2.73. The summed E-state index contributed by atoms with van der Waals surface area (Å²) in [4.78, 5) is 0. The quantitative estimate of drug-likeness (QED) is 0.821. The van der Waals surface area contributed by atoms with E-state index in [9.17, 15) is 5.11 Å².